The average molecular weight is 283 g/mol. The van der Waals surface area contributed by atoms with E-state index >= 15 is 0 Å². The van der Waals surface area contributed by atoms with Gasteiger partial charge in [0.1, 0.15) is 0 Å². The molecule has 12 heavy (non-hydrogen) atoms. The number of nitrogens with one attached hydrogen (secondary N) is 1. The molecule has 2 amide bonds. The fourth-order valence-corrected chi connectivity index (χ4v) is 0.709. The van der Waals surface area contributed by atoms with Crippen LogP contribution in [0.25, 0.3) is 0 Å². The zero-order chi connectivity index (χ0) is 9.40. The van der Waals surface area contributed by atoms with Gasteiger partial charge in [0, 0.05) is 6.42 Å². The summed E-state index contributed by atoms with van der Waals surface area (Å²) < 4.78 is 0.322. The summed E-state index contributed by atoms with van der Waals surface area (Å²) in [5.74, 6) is -0.490. The number of halogens is 1. The molecule has 4 nitrogen and oxygen atoms in total. The van der Waals surface area contributed by atoms with E-state index in [-0.39, 0.29) is 11.8 Å². The number of nitrogens with zero attached hydrogens (tertiary/aromatic N) is 1. The minimum Gasteiger partial charge on any atom is -0.272 e. The first-order valence-electron chi connectivity index (χ1n) is 3.79. The van der Waals surface area contributed by atoms with Gasteiger partial charge in [-0.2, -0.15) is 0 Å². The zero-order valence-corrected chi connectivity index (χ0v) is 9.13. The number of hydrogen-bond acceptors (Lipinski definition) is 2. The van der Waals surface area contributed by atoms with Crippen LogP contribution in [0.1, 0.15) is 26.2 Å². The number of carbonyl (C=O) groups excluding carboxylic acids is 2. The molecule has 0 aromatic heterocycles. The summed E-state index contributed by atoms with van der Waals surface area (Å²) in [6.45, 7) is 2.00. The van der Waals surface area contributed by atoms with Gasteiger partial charge in [-0.05, 0) is 6.42 Å². The molecule has 0 spiro atoms. The van der Waals surface area contributed by atoms with Crippen LogP contribution in [0.15, 0.2) is 0 Å². The molecule has 0 heterocycles. The number of hydrogen-bond donors (Lipinski definition) is 1. The van der Waals surface area contributed by atoms with Gasteiger partial charge in [-0.15, -0.1) is 5.43 Å². The van der Waals surface area contributed by atoms with Crippen molar-refractivity contribution in [3.05, 3.63) is 0 Å². The van der Waals surface area contributed by atoms with Crippen molar-refractivity contribution in [3.63, 3.8) is 0 Å². The van der Waals surface area contributed by atoms with Gasteiger partial charge in [0.25, 0.3) is 5.91 Å². The topological polar surface area (TPSA) is 60.3 Å². The van der Waals surface area contributed by atoms with E-state index in [1.54, 1.807) is 0 Å². The van der Waals surface area contributed by atoms with Gasteiger partial charge in [-0.3, -0.25) is 9.59 Å². The van der Waals surface area contributed by atoms with Crippen molar-refractivity contribution in [3.8, 4) is 0 Å². The van der Waals surface area contributed by atoms with Gasteiger partial charge in [0.05, 0.1) is 4.43 Å². The van der Waals surface area contributed by atoms with Gasteiger partial charge in [0.2, 0.25) is 5.91 Å². The molecule has 0 fully saturated rings. The molecule has 0 atom stereocenters. The van der Waals surface area contributed by atoms with E-state index in [4.69, 9.17) is 0 Å². The Morgan fingerprint density at radius 1 is 1.50 bits per heavy atom. The number of amides is 2. The highest BCUT2D eigenvalue weighted by Crippen LogP contribution is 1.92. The van der Waals surface area contributed by atoms with E-state index in [0.717, 1.165) is 12.8 Å². The zero-order valence-electron chi connectivity index (χ0n) is 6.97. The first kappa shape index (κ1) is 11.7. The minimum absolute atomic E-state index is 0.236. The smallest absolute Gasteiger partial charge is 0.262 e. The van der Waals surface area contributed by atoms with Crippen LogP contribution in [0.2, 0.25) is 0 Å². The number of carbonyl (C=O) groups is 2. The molecule has 0 aliphatic heterocycles. The van der Waals surface area contributed by atoms with Crippen molar-refractivity contribution in [1.82, 2.24) is 10.9 Å². The minimum atomic E-state index is -0.255. The molecular formula is C7H12IN2O2. The Balaban J connectivity index is 3.37. The fourth-order valence-electron chi connectivity index (χ4n) is 0.538. The van der Waals surface area contributed by atoms with Gasteiger partial charge < -0.3 is 0 Å². The van der Waals surface area contributed by atoms with Crippen LogP contribution >= 0.6 is 22.6 Å². The number of alkyl halides is 1. The molecule has 0 saturated carbocycles. The second kappa shape index (κ2) is 7.33. The first-order chi connectivity index (χ1) is 5.70. The second-order valence-electron chi connectivity index (χ2n) is 2.28. The largest absolute Gasteiger partial charge is 0.272 e. The third-order valence-corrected chi connectivity index (χ3v) is 1.86. The summed E-state index contributed by atoms with van der Waals surface area (Å²) >= 11 is 1.91. The lowest BCUT2D eigenvalue weighted by atomic mass is 10.2. The van der Waals surface area contributed by atoms with Crippen LogP contribution in [-0.4, -0.2) is 16.2 Å². The van der Waals surface area contributed by atoms with Crippen molar-refractivity contribution in [1.29, 1.82) is 0 Å². The predicted octanol–water partition coefficient (Wildman–Crippen LogP) is 0.774. The van der Waals surface area contributed by atoms with Crippen LogP contribution in [-0.2, 0) is 9.59 Å². The van der Waals surface area contributed by atoms with E-state index in [9.17, 15) is 9.59 Å². The Bertz CT molecular complexity index is 161. The molecule has 5 heteroatoms. The van der Waals surface area contributed by atoms with Gasteiger partial charge in [-0.25, -0.2) is 5.43 Å². The van der Waals surface area contributed by atoms with E-state index < -0.39 is 0 Å². The highest BCUT2D eigenvalue weighted by atomic mass is 127. The van der Waals surface area contributed by atoms with Crippen LogP contribution in [0.4, 0.5) is 0 Å². The molecule has 0 saturated heterocycles. The highest BCUT2D eigenvalue weighted by Gasteiger charge is 2.03. The van der Waals surface area contributed by atoms with Gasteiger partial charge in [0.15, 0.2) is 0 Å². The molecule has 0 aromatic carbocycles. The Morgan fingerprint density at radius 2 is 2.17 bits per heavy atom. The second-order valence-corrected chi connectivity index (χ2v) is 3.04. The lowest BCUT2D eigenvalue weighted by Crippen LogP contribution is -2.35. The monoisotopic (exact) mass is 283 g/mol. The molecule has 0 rings (SSSR count). The molecule has 0 bridgehead atoms. The Hall–Kier alpha value is -0.330. The van der Waals surface area contributed by atoms with E-state index in [2.05, 4.69) is 10.9 Å². The summed E-state index contributed by atoms with van der Waals surface area (Å²) in [7, 11) is 0. The van der Waals surface area contributed by atoms with Crippen LogP contribution in [0, 0.1) is 0 Å². The molecule has 0 unspecified atom stereocenters. The number of rotatable bonds is 4. The Morgan fingerprint density at radius 3 is 2.67 bits per heavy atom. The lowest BCUT2D eigenvalue weighted by molar-refractivity contribution is -0.128. The summed E-state index contributed by atoms with van der Waals surface area (Å²) in [5, 5.41) is 0. The molecule has 1 N–H and O–H groups in total. The van der Waals surface area contributed by atoms with Crippen LogP contribution in [0.5, 0.6) is 0 Å². The van der Waals surface area contributed by atoms with E-state index in [1.165, 1.54) is 0 Å². The lowest BCUT2D eigenvalue weighted by Gasteiger charge is -2.00. The molecule has 1 radical (unpaired) electrons. The van der Waals surface area contributed by atoms with Crippen molar-refractivity contribution < 1.29 is 9.59 Å². The third-order valence-electron chi connectivity index (χ3n) is 1.17. The van der Waals surface area contributed by atoms with E-state index in [0.29, 0.717) is 10.8 Å². The van der Waals surface area contributed by atoms with Crippen LogP contribution in [0.3, 0.4) is 0 Å². The fraction of sp³-hybridized carbons (Fsp3) is 0.714. The summed E-state index contributed by atoms with van der Waals surface area (Å²) in [4.78, 5) is 21.5. The van der Waals surface area contributed by atoms with Gasteiger partial charge in [-0.1, -0.05) is 35.9 Å². The standard InChI is InChI=1S/C7H12IN2O2/c1-2-3-4-6(11)9-10-7(12)5-8/h2-5H2,1H3,(H,10,12). The SMILES string of the molecule is CCCCC(=O)[N]NC(=O)CI. The quantitative estimate of drug-likeness (QED) is 0.471. The normalized spacial score (nSPS) is 9.17. The molecule has 0 aliphatic rings. The van der Waals surface area contributed by atoms with Crippen molar-refractivity contribution in [2.75, 3.05) is 4.43 Å². The molecule has 69 valence electrons. The van der Waals surface area contributed by atoms with Crippen molar-refractivity contribution in [2.45, 2.75) is 26.2 Å². The van der Waals surface area contributed by atoms with Crippen LogP contribution < -0.4 is 10.9 Å². The van der Waals surface area contributed by atoms with Gasteiger partial charge >= 0.3 is 0 Å². The molecular weight excluding hydrogens is 271 g/mol. The van der Waals surface area contributed by atoms with E-state index in [1.807, 2.05) is 29.5 Å². The Labute approximate surface area is 85.6 Å². The maximum absolute atomic E-state index is 10.8. The number of unbranched alkanes of at least 4 members (excludes halogenated alkanes) is 1. The highest BCUT2D eigenvalue weighted by molar-refractivity contribution is 14.1. The van der Waals surface area contributed by atoms with Crippen molar-refractivity contribution in [2.24, 2.45) is 0 Å². The summed E-state index contributed by atoms with van der Waals surface area (Å²) in [6.07, 6.45) is 2.20. The average Bonchev–Trinajstić information content (AvgIpc) is 2.10. The first-order valence-corrected chi connectivity index (χ1v) is 5.31. The maximum Gasteiger partial charge on any atom is 0.262 e. The maximum atomic E-state index is 10.8. The third kappa shape index (κ3) is 6.38. The van der Waals surface area contributed by atoms with Crippen molar-refractivity contribution >= 4 is 34.4 Å². The Kier molecular flexibility index (Phi) is 7.12. The summed E-state index contributed by atoms with van der Waals surface area (Å²) in [5.41, 5.74) is 5.56. The predicted molar refractivity (Wildman–Crippen MR) is 53.7 cm³/mol. The molecule has 0 aliphatic carbocycles. The summed E-state index contributed by atoms with van der Waals surface area (Å²) in [6, 6.07) is 0. The molecule has 0 aromatic rings.